The zero-order valence-electron chi connectivity index (χ0n) is 11.6. The maximum absolute atomic E-state index is 12.3. The molecular formula is C15H24N2OS. The number of carbonyl (C=O) groups excluding carboxylic acids is 1. The van der Waals surface area contributed by atoms with Crippen LogP contribution in [0.1, 0.15) is 56.4 Å². The first-order valence-electron chi connectivity index (χ1n) is 7.30. The van der Waals surface area contributed by atoms with Crippen LogP contribution in [-0.4, -0.2) is 11.9 Å². The van der Waals surface area contributed by atoms with E-state index in [-0.39, 0.29) is 17.9 Å². The molecule has 1 aliphatic rings. The molecule has 0 aromatic carbocycles. The van der Waals surface area contributed by atoms with E-state index in [1.807, 2.05) is 0 Å². The van der Waals surface area contributed by atoms with Gasteiger partial charge in [-0.25, -0.2) is 0 Å². The quantitative estimate of drug-likeness (QED) is 0.870. The molecule has 0 spiro atoms. The summed E-state index contributed by atoms with van der Waals surface area (Å²) in [6.07, 6.45) is 5.94. The molecule has 1 fully saturated rings. The van der Waals surface area contributed by atoms with Crippen molar-refractivity contribution in [1.29, 1.82) is 0 Å². The monoisotopic (exact) mass is 280 g/mol. The lowest BCUT2D eigenvalue weighted by Gasteiger charge is -2.27. The molecule has 1 aromatic heterocycles. The van der Waals surface area contributed by atoms with E-state index in [0.717, 1.165) is 38.5 Å². The van der Waals surface area contributed by atoms with Gasteiger partial charge in [0.2, 0.25) is 5.91 Å². The molecule has 1 saturated carbocycles. The first kappa shape index (κ1) is 14.5. The molecule has 4 heteroatoms. The summed E-state index contributed by atoms with van der Waals surface area (Å²) < 4.78 is 0. The summed E-state index contributed by atoms with van der Waals surface area (Å²) in [5.74, 6) is 0.387. The second-order valence-corrected chi connectivity index (χ2v) is 6.46. The molecule has 0 bridgehead atoms. The minimum absolute atomic E-state index is 0.166. The van der Waals surface area contributed by atoms with E-state index < -0.39 is 0 Å². The molecule has 1 aromatic rings. The maximum atomic E-state index is 12.3. The number of nitrogens with one attached hydrogen (secondary N) is 1. The van der Waals surface area contributed by atoms with Crippen molar-refractivity contribution in [2.75, 3.05) is 0 Å². The smallest absolute Gasteiger partial charge is 0.223 e. The molecule has 19 heavy (non-hydrogen) atoms. The molecule has 0 radical (unpaired) electrons. The molecule has 106 valence electrons. The number of carbonyl (C=O) groups is 1. The topological polar surface area (TPSA) is 55.1 Å². The number of hydrogen-bond acceptors (Lipinski definition) is 3. The van der Waals surface area contributed by atoms with Gasteiger partial charge in [0, 0.05) is 16.8 Å². The lowest BCUT2D eigenvalue weighted by atomic mass is 9.85. The molecule has 1 aliphatic carbocycles. The van der Waals surface area contributed by atoms with Crippen LogP contribution >= 0.6 is 11.3 Å². The molecule has 1 unspecified atom stereocenters. The van der Waals surface area contributed by atoms with Crippen LogP contribution in [0.4, 0.5) is 0 Å². The third-order valence-electron chi connectivity index (χ3n) is 3.92. The van der Waals surface area contributed by atoms with Crippen molar-refractivity contribution >= 4 is 17.2 Å². The van der Waals surface area contributed by atoms with Gasteiger partial charge in [-0.2, -0.15) is 0 Å². The predicted octanol–water partition coefficient (Wildman–Crippen LogP) is 3.22. The summed E-state index contributed by atoms with van der Waals surface area (Å²) in [6, 6.07) is 4.65. The fourth-order valence-corrected chi connectivity index (χ4v) is 3.55. The van der Waals surface area contributed by atoms with Gasteiger partial charge in [-0.05, 0) is 43.6 Å². The number of hydrogen-bond donors (Lipinski definition) is 2. The second kappa shape index (κ2) is 7.06. The first-order chi connectivity index (χ1) is 9.20. The van der Waals surface area contributed by atoms with Gasteiger partial charge in [-0.1, -0.05) is 19.4 Å². The van der Waals surface area contributed by atoms with Crippen molar-refractivity contribution in [1.82, 2.24) is 5.32 Å². The van der Waals surface area contributed by atoms with E-state index >= 15 is 0 Å². The Labute approximate surface area is 119 Å². The molecule has 0 aliphatic heterocycles. The van der Waals surface area contributed by atoms with Gasteiger partial charge in [0.1, 0.15) is 0 Å². The van der Waals surface area contributed by atoms with Crippen LogP contribution in [0, 0.1) is 5.92 Å². The molecule has 3 nitrogen and oxygen atoms in total. The highest BCUT2D eigenvalue weighted by Gasteiger charge is 2.26. The highest BCUT2D eigenvalue weighted by atomic mass is 32.1. The Morgan fingerprint density at radius 3 is 2.79 bits per heavy atom. The highest BCUT2D eigenvalue weighted by molar-refractivity contribution is 7.10. The fraction of sp³-hybridized carbons (Fsp3) is 0.667. The van der Waals surface area contributed by atoms with E-state index in [1.54, 1.807) is 11.3 Å². The summed E-state index contributed by atoms with van der Waals surface area (Å²) in [6.45, 7) is 2.16. The Balaban J connectivity index is 1.92. The van der Waals surface area contributed by atoms with Crippen LogP contribution in [0.2, 0.25) is 0 Å². The first-order valence-corrected chi connectivity index (χ1v) is 8.18. The minimum Gasteiger partial charge on any atom is -0.348 e. The SMILES string of the molecule is CCCC(NC(=O)C1CCC(N)CC1)c1cccs1. The largest absolute Gasteiger partial charge is 0.348 e. The van der Waals surface area contributed by atoms with E-state index in [1.165, 1.54) is 4.88 Å². The Hall–Kier alpha value is -0.870. The predicted molar refractivity (Wildman–Crippen MR) is 80.0 cm³/mol. The summed E-state index contributed by atoms with van der Waals surface area (Å²) in [5.41, 5.74) is 5.89. The van der Waals surface area contributed by atoms with Crippen molar-refractivity contribution < 1.29 is 4.79 Å². The second-order valence-electron chi connectivity index (χ2n) is 5.48. The number of amides is 1. The molecule has 0 saturated heterocycles. The van der Waals surface area contributed by atoms with Gasteiger partial charge in [-0.3, -0.25) is 4.79 Å². The van der Waals surface area contributed by atoms with Crippen LogP contribution in [0.15, 0.2) is 17.5 Å². The molecule has 1 amide bonds. The van der Waals surface area contributed by atoms with Gasteiger partial charge < -0.3 is 11.1 Å². The van der Waals surface area contributed by atoms with Crippen LogP contribution in [0.5, 0.6) is 0 Å². The van der Waals surface area contributed by atoms with Crippen LogP contribution in [0.3, 0.4) is 0 Å². The summed E-state index contributed by atoms with van der Waals surface area (Å²) in [5, 5.41) is 5.31. The molecule has 2 rings (SSSR count). The molecule has 1 heterocycles. The number of thiophene rings is 1. The lowest BCUT2D eigenvalue weighted by molar-refractivity contribution is -0.126. The highest BCUT2D eigenvalue weighted by Crippen LogP contribution is 2.27. The fourth-order valence-electron chi connectivity index (χ4n) is 2.73. The van der Waals surface area contributed by atoms with Crippen molar-refractivity contribution in [2.45, 2.75) is 57.5 Å². The van der Waals surface area contributed by atoms with E-state index in [4.69, 9.17) is 5.73 Å². The molecule has 3 N–H and O–H groups in total. The van der Waals surface area contributed by atoms with Gasteiger partial charge >= 0.3 is 0 Å². The normalized spacial score (nSPS) is 24.9. The van der Waals surface area contributed by atoms with Crippen molar-refractivity contribution in [3.8, 4) is 0 Å². The third-order valence-corrected chi connectivity index (χ3v) is 4.91. The number of nitrogens with two attached hydrogens (primary N) is 1. The van der Waals surface area contributed by atoms with Gasteiger partial charge in [0.05, 0.1) is 6.04 Å². The van der Waals surface area contributed by atoms with Crippen molar-refractivity contribution in [3.63, 3.8) is 0 Å². The zero-order chi connectivity index (χ0) is 13.7. The third kappa shape index (κ3) is 4.05. The van der Waals surface area contributed by atoms with E-state index in [2.05, 4.69) is 29.8 Å². The Kier molecular flexibility index (Phi) is 5.40. The maximum Gasteiger partial charge on any atom is 0.223 e. The van der Waals surface area contributed by atoms with Crippen molar-refractivity contribution in [2.24, 2.45) is 11.7 Å². The van der Waals surface area contributed by atoms with Gasteiger partial charge in [0.15, 0.2) is 0 Å². The van der Waals surface area contributed by atoms with E-state index in [0.29, 0.717) is 6.04 Å². The summed E-state index contributed by atoms with van der Waals surface area (Å²) in [7, 11) is 0. The van der Waals surface area contributed by atoms with E-state index in [9.17, 15) is 4.79 Å². The standard InChI is InChI=1S/C15H24N2OS/c1-2-4-13(14-5-3-10-19-14)17-15(18)11-6-8-12(16)9-7-11/h3,5,10-13H,2,4,6-9,16H2,1H3,(H,17,18). The minimum atomic E-state index is 0.166. The zero-order valence-corrected chi connectivity index (χ0v) is 12.4. The van der Waals surface area contributed by atoms with Crippen LogP contribution in [-0.2, 0) is 4.79 Å². The average Bonchev–Trinajstić information content (AvgIpc) is 2.92. The van der Waals surface area contributed by atoms with Crippen molar-refractivity contribution in [3.05, 3.63) is 22.4 Å². The van der Waals surface area contributed by atoms with Crippen LogP contribution in [0.25, 0.3) is 0 Å². The number of rotatable bonds is 5. The van der Waals surface area contributed by atoms with Gasteiger partial charge in [0.25, 0.3) is 0 Å². The summed E-state index contributed by atoms with van der Waals surface area (Å²) >= 11 is 1.73. The Bertz CT molecular complexity index is 383. The summed E-state index contributed by atoms with van der Waals surface area (Å²) in [4.78, 5) is 13.6. The lowest BCUT2D eigenvalue weighted by Crippen LogP contribution is -2.37. The van der Waals surface area contributed by atoms with Crippen LogP contribution < -0.4 is 11.1 Å². The average molecular weight is 280 g/mol. The molecule has 1 atom stereocenters. The van der Waals surface area contributed by atoms with Gasteiger partial charge in [-0.15, -0.1) is 11.3 Å². The Morgan fingerprint density at radius 2 is 2.21 bits per heavy atom. The molecular weight excluding hydrogens is 256 g/mol. The Morgan fingerprint density at radius 1 is 1.47 bits per heavy atom.